The number of hydrogen-bond acceptors (Lipinski definition) is 4. The Hall–Kier alpha value is -1.98. The number of hydrogen-bond donors (Lipinski definition) is 0. The van der Waals surface area contributed by atoms with E-state index in [2.05, 4.69) is 4.98 Å². The van der Waals surface area contributed by atoms with Crippen LogP contribution in [0.5, 0.6) is 0 Å². The fourth-order valence-corrected chi connectivity index (χ4v) is 1.28. The minimum atomic E-state index is -0.511. The van der Waals surface area contributed by atoms with E-state index in [-0.39, 0.29) is 29.0 Å². The molecule has 0 saturated heterocycles. The molecule has 0 aromatic carbocycles. The molecule has 0 unspecified atom stereocenters. The van der Waals surface area contributed by atoms with Crippen molar-refractivity contribution in [2.45, 2.75) is 26.8 Å². The molecule has 0 saturated carbocycles. The summed E-state index contributed by atoms with van der Waals surface area (Å²) >= 11 is 0. The number of amides is 1. The van der Waals surface area contributed by atoms with Crippen molar-refractivity contribution in [1.29, 1.82) is 0 Å². The van der Waals surface area contributed by atoms with Crippen LogP contribution < -0.4 is 0 Å². The molecule has 0 aliphatic rings. The summed E-state index contributed by atoms with van der Waals surface area (Å²) < 4.78 is 0. The highest BCUT2D eigenvalue weighted by Gasteiger charge is 2.19. The van der Waals surface area contributed by atoms with Crippen LogP contribution in [0.25, 0.3) is 0 Å². The minimum Gasteiger partial charge on any atom is -0.338 e. The Morgan fingerprint density at radius 1 is 1.47 bits per heavy atom. The van der Waals surface area contributed by atoms with Gasteiger partial charge in [-0.15, -0.1) is 0 Å². The molecule has 1 aromatic rings. The van der Waals surface area contributed by atoms with E-state index in [9.17, 15) is 14.9 Å². The van der Waals surface area contributed by atoms with E-state index in [1.807, 2.05) is 13.8 Å². The maximum Gasteiger partial charge on any atom is 0.290 e. The number of carbonyl (C=O) groups excluding carboxylic acids is 1. The molecule has 0 fully saturated rings. The number of nitrogens with zero attached hydrogens (tertiary/aromatic N) is 3. The van der Waals surface area contributed by atoms with Gasteiger partial charge in [-0.25, -0.2) is 4.98 Å². The van der Waals surface area contributed by atoms with Crippen molar-refractivity contribution in [3.63, 3.8) is 0 Å². The predicted octanol–water partition coefficient (Wildman–Crippen LogP) is 1.78. The van der Waals surface area contributed by atoms with Crippen LogP contribution in [-0.2, 0) is 0 Å². The highest BCUT2D eigenvalue weighted by atomic mass is 16.6. The highest BCUT2D eigenvalue weighted by molar-refractivity contribution is 5.92. The SMILES string of the molecule is Cc1nc(C(=O)N(C)C(C)C)ccc1[N+](=O)[O-]. The summed E-state index contributed by atoms with van der Waals surface area (Å²) in [5, 5.41) is 10.6. The van der Waals surface area contributed by atoms with Gasteiger partial charge in [0.05, 0.1) is 4.92 Å². The Morgan fingerprint density at radius 2 is 2.06 bits per heavy atom. The molecular formula is C11H15N3O3. The van der Waals surface area contributed by atoms with Gasteiger partial charge in [0.25, 0.3) is 11.6 Å². The van der Waals surface area contributed by atoms with Gasteiger partial charge in [0.15, 0.2) is 0 Å². The number of carbonyl (C=O) groups is 1. The molecule has 17 heavy (non-hydrogen) atoms. The van der Waals surface area contributed by atoms with E-state index in [1.54, 1.807) is 7.05 Å². The fraction of sp³-hybridized carbons (Fsp3) is 0.455. The average Bonchev–Trinajstić information content (AvgIpc) is 2.26. The van der Waals surface area contributed by atoms with Gasteiger partial charge >= 0.3 is 0 Å². The van der Waals surface area contributed by atoms with Gasteiger partial charge in [0.1, 0.15) is 11.4 Å². The van der Waals surface area contributed by atoms with Crippen LogP contribution in [0, 0.1) is 17.0 Å². The van der Waals surface area contributed by atoms with Gasteiger partial charge in [0, 0.05) is 19.2 Å². The zero-order valence-corrected chi connectivity index (χ0v) is 10.3. The monoisotopic (exact) mass is 237 g/mol. The third-order valence-electron chi connectivity index (χ3n) is 2.57. The third kappa shape index (κ3) is 2.77. The first kappa shape index (κ1) is 13.1. The first-order valence-corrected chi connectivity index (χ1v) is 5.23. The van der Waals surface area contributed by atoms with E-state index in [0.29, 0.717) is 0 Å². The van der Waals surface area contributed by atoms with Crippen molar-refractivity contribution in [3.8, 4) is 0 Å². The van der Waals surface area contributed by atoms with Crippen molar-refractivity contribution in [2.24, 2.45) is 0 Å². The van der Waals surface area contributed by atoms with Gasteiger partial charge in [-0.1, -0.05) is 0 Å². The van der Waals surface area contributed by atoms with Crippen LogP contribution in [0.3, 0.4) is 0 Å². The molecule has 0 aliphatic carbocycles. The Bertz CT molecular complexity index is 457. The van der Waals surface area contributed by atoms with E-state index >= 15 is 0 Å². The van der Waals surface area contributed by atoms with Crippen molar-refractivity contribution in [2.75, 3.05) is 7.05 Å². The Labute approximate surface area is 99.4 Å². The number of aryl methyl sites for hydroxylation is 1. The van der Waals surface area contributed by atoms with Crippen LogP contribution in [0.15, 0.2) is 12.1 Å². The molecule has 6 heteroatoms. The normalized spacial score (nSPS) is 10.4. The summed E-state index contributed by atoms with van der Waals surface area (Å²) in [7, 11) is 1.67. The zero-order chi connectivity index (χ0) is 13.2. The minimum absolute atomic E-state index is 0.0554. The van der Waals surface area contributed by atoms with Gasteiger partial charge in [-0.2, -0.15) is 0 Å². The second-order valence-corrected chi connectivity index (χ2v) is 4.07. The molecule has 1 rings (SSSR count). The second kappa shape index (κ2) is 4.90. The lowest BCUT2D eigenvalue weighted by atomic mass is 10.2. The summed E-state index contributed by atoms with van der Waals surface area (Å²) in [5.41, 5.74) is 0.399. The van der Waals surface area contributed by atoms with E-state index in [1.165, 1.54) is 24.0 Å². The van der Waals surface area contributed by atoms with E-state index in [4.69, 9.17) is 0 Å². The molecule has 0 aliphatic heterocycles. The second-order valence-electron chi connectivity index (χ2n) is 4.07. The molecule has 0 N–H and O–H groups in total. The Balaban J connectivity index is 3.06. The molecule has 0 radical (unpaired) electrons. The van der Waals surface area contributed by atoms with Gasteiger partial charge in [-0.05, 0) is 26.8 Å². The lowest BCUT2D eigenvalue weighted by Gasteiger charge is -2.20. The Morgan fingerprint density at radius 3 is 2.47 bits per heavy atom. The van der Waals surface area contributed by atoms with Crippen molar-refractivity contribution in [1.82, 2.24) is 9.88 Å². The van der Waals surface area contributed by atoms with Crippen LogP contribution in [0.1, 0.15) is 30.0 Å². The fourth-order valence-electron chi connectivity index (χ4n) is 1.28. The highest BCUT2D eigenvalue weighted by Crippen LogP contribution is 2.16. The maximum atomic E-state index is 11.9. The number of rotatable bonds is 3. The van der Waals surface area contributed by atoms with Crippen LogP contribution in [0.2, 0.25) is 0 Å². The van der Waals surface area contributed by atoms with Crippen molar-refractivity contribution in [3.05, 3.63) is 33.6 Å². The first-order chi connectivity index (χ1) is 7.84. The van der Waals surface area contributed by atoms with Gasteiger partial charge in [0.2, 0.25) is 0 Å². The molecule has 0 atom stereocenters. The molecule has 1 amide bonds. The lowest BCUT2D eigenvalue weighted by molar-refractivity contribution is -0.385. The summed E-state index contributed by atoms with van der Waals surface area (Å²) in [6.07, 6.45) is 0. The van der Waals surface area contributed by atoms with E-state index < -0.39 is 4.92 Å². The van der Waals surface area contributed by atoms with Crippen molar-refractivity contribution < 1.29 is 9.72 Å². The third-order valence-corrected chi connectivity index (χ3v) is 2.57. The van der Waals surface area contributed by atoms with Crippen LogP contribution in [0.4, 0.5) is 5.69 Å². The largest absolute Gasteiger partial charge is 0.338 e. The zero-order valence-electron chi connectivity index (χ0n) is 10.3. The van der Waals surface area contributed by atoms with Crippen LogP contribution >= 0.6 is 0 Å². The molecule has 1 aromatic heterocycles. The maximum absolute atomic E-state index is 11.9. The molecule has 0 bridgehead atoms. The molecule has 0 spiro atoms. The molecular weight excluding hydrogens is 222 g/mol. The molecule has 1 heterocycles. The average molecular weight is 237 g/mol. The number of aromatic nitrogens is 1. The number of pyridine rings is 1. The number of nitro groups is 1. The summed E-state index contributed by atoms with van der Waals surface area (Å²) in [5.74, 6) is -0.238. The van der Waals surface area contributed by atoms with Gasteiger partial charge in [-0.3, -0.25) is 14.9 Å². The van der Waals surface area contributed by atoms with E-state index in [0.717, 1.165) is 0 Å². The lowest BCUT2D eigenvalue weighted by Crippen LogP contribution is -2.33. The quantitative estimate of drug-likeness (QED) is 0.593. The molecule has 92 valence electrons. The topological polar surface area (TPSA) is 76.3 Å². The smallest absolute Gasteiger partial charge is 0.290 e. The predicted molar refractivity (Wildman–Crippen MR) is 62.9 cm³/mol. The van der Waals surface area contributed by atoms with Gasteiger partial charge < -0.3 is 4.90 Å². The molecule has 6 nitrogen and oxygen atoms in total. The standard InChI is InChI=1S/C11H15N3O3/c1-7(2)13(4)11(15)9-5-6-10(14(16)17)8(3)12-9/h5-7H,1-4H3. The Kier molecular flexibility index (Phi) is 3.77. The van der Waals surface area contributed by atoms with Crippen LogP contribution in [-0.4, -0.2) is 33.8 Å². The first-order valence-electron chi connectivity index (χ1n) is 5.23. The summed E-state index contributed by atoms with van der Waals surface area (Å²) in [6.45, 7) is 5.29. The summed E-state index contributed by atoms with van der Waals surface area (Å²) in [4.78, 5) is 27.5. The summed E-state index contributed by atoms with van der Waals surface area (Å²) in [6, 6.07) is 2.75. The van der Waals surface area contributed by atoms with Crippen molar-refractivity contribution >= 4 is 11.6 Å².